The molecule has 0 spiro atoms. The molecule has 0 saturated heterocycles. The van der Waals surface area contributed by atoms with Gasteiger partial charge in [0, 0.05) is 0 Å². The van der Waals surface area contributed by atoms with Gasteiger partial charge in [-0.25, -0.2) is 0 Å². The largest absolute Gasteiger partial charge is 2.00 e. The Morgan fingerprint density at radius 2 is 1.88 bits per heavy atom. The van der Waals surface area contributed by atoms with Crippen LogP contribution in [-0.2, 0) is 4.52 Å². The maximum atomic E-state index is 8.12. The Hall–Kier alpha value is 1.08. The molecule has 0 aromatic rings. The second-order valence-electron chi connectivity index (χ2n) is 1.41. The fourth-order valence-electron chi connectivity index (χ4n) is 0.189. The summed E-state index contributed by atoms with van der Waals surface area (Å²) in [6.45, 7) is 3.48. The minimum Gasteiger partial charge on any atom is -1.00 e. The first-order chi connectivity index (χ1) is 3.13. The molecule has 0 bridgehead atoms. The zero-order valence-electron chi connectivity index (χ0n) is 7.03. The summed E-state index contributed by atoms with van der Waals surface area (Å²) in [4.78, 5) is 16.2. The quantitative estimate of drug-likeness (QED) is 0.444. The van der Waals surface area contributed by atoms with Crippen LogP contribution < -0.4 is 0 Å². The Kier molecular flexibility index (Phi) is 9.16. The molecule has 0 unspecified atom stereocenters. The zero-order valence-corrected chi connectivity index (χ0v) is 7.34. The Labute approximate surface area is 69.2 Å². The standard InChI is InChI=1S/C3H9O3P.Mg.2H/c1-3(2)6-7(4)5;;;/h3-5H,1-2H3;;;/q;+2;2*-1. The van der Waals surface area contributed by atoms with Gasteiger partial charge in [-0.2, -0.15) is 0 Å². The van der Waals surface area contributed by atoms with Crippen LogP contribution in [0.1, 0.15) is 16.7 Å². The van der Waals surface area contributed by atoms with Crippen LogP contribution in [0.5, 0.6) is 0 Å². The van der Waals surface area contributed by atoms with Gasteiger partial charge < -0.3 is 17.2 Å². The predicted octanol–water partition coefficient (Wildman–Crippen LogP) is 0.467. The molecular weight excluding hydrogens is 139 g/mol. The summed E-state index contributed by atoms with van der Waals surface area (Å²) in [6.07, 6.45) is -0.0962. The fraction of sp³-hybridized carbons (Fsp3) is 1.00. The molecule has 0 amide bonds. The Balaban J connectivity index is -0.0000000600. The van der Waals surface area contributed by atoms with Crippen molar-refractivity contribution in [1.82, 2.24) is 0 Å². The molecule has 0 fully saturated rings. The SMILES string of the molecule is CC(C)OP(O)O.[H-].[H-].[Mg+2]. The Morgan fingerprint density at radius 3 is 1.88 bits per heavy atom. The summed E-state index contributed by atoms with van der Waals surface area (Å²) in [5.74, 6) is 0. The maximum Gasteiger partial charge on any atom is 2.00 e. The normalized spacial score (nSPS) is 9.75. The summed E-state index contributed by atoms with van der Waals surface area (Å²) in [7, 11) is -2.14. The summed E-state index contributed by atoms with van der Waals surface area (Å²) in [5.41, 5.74) is 0. The van der Waals surface area contributed by atoms with Crippen LogP contribution in [0.15, 0.2) is 0 Å². The average molecular weight is 150 g/mol. The van der Waals surface area contributed by atoms with Crippen LogP contribution in [0.25, 0.3) is 0 Å². The van der Waals surface area contributed by atoms with Gasteiger partial charge in [0.1, 0.15) is 0 Å². The van der Waals surface area contributed by atoms with E-state index in [4.69, 9.17) is 9.79 Å². The molecule has 0 aliphatic carbocycles. The first-order valence-corrected chi connectivity index (χ1v) is 3.14. The predicted molar refractivity (Wildman–Crippen MR) is 35.6 cm³/mol. The van der Waals surface area contributed by atoms with Crippen LogP contribution >= 0.6 is 8.60 Å². The van der Waals surface area contributed by atoms with E-state index in [1.165, 1.54) is 0 Å². The van der Waals surface area contributed by atoms with Crippen LogP contribution in [0.4, 0.5) is 0 Å². The molecule has 48 valence electrons. The van der Waals surface area contributed by atoms with Crippen molar-refractivity contribution in [2.45, 2.75) is 20.0 Å². The molecule has 0 rings (SSSR count). The first-order valence-electron chi connectivity index (χ1n) is 1.97. The summed E-state index contributed by atoms with van der Waals surface area (Å²) in [5, 5.41) is 0. The van der Waals surface area contributed by atoms with Gasteiger partial charge in [-0.15, -0.1) is 0 Å². The fourth-order valence-corrected chi connectivity index (χ4v) is 0.566. The molecule has 0 aromatic heterocycles. The molecule has 8 heavy (non-hydrogen) atoms. The summed E-state index contributed by atoms with van der Waals surface area (Å²) < 4.78 is 4.43. The molecule has 0 aromatic carbocycles. The van der Waals surface area contributed by atoms with E-state index in [1.807, 2.05) is 0 Å². The van der Waals surface area contributed by atoms with Gasteiger partial charge in [0.2, 0.25) is 0 Å². The van der Waals surface area contributed by atoms with Gasteiger partial charge in [-0.1, -0.05) is 0 Å². The Morgan fingerprint density at radius 1 is 1.50 bits per heavy atom. The van der Waals surface area contributed by atoms with E-state index in [1.54, 1.807) is 13.8 Å². The first kappa shape index (κ1) is 11.8. The third-order valence-electron chi connectivity index (χ3n) is 0.305. The van der Waals surface area contributed by atoms with E-state index in [9.17, 15) is 0 Å². The smallest absolute Gasteiger partial charge is 1.00 e. The molecular formula is C3H11MgO3P. The van der Waals surface area contributed by atoms with Gasteiger partial charge in [-0.3, -0.25) is 0 Å². The van der Waals surface area contributed by atoms with E-state index in [0.29, 0.717) is 0 Å². The van der Waals surface area contributed by atoms with Gasteiger partial charge in [0.25, 0.3) is 0 Å². The summed E-state index contributed by atoms with van der Waals surface area (Å²) >= 11 is 0. The van der Waals surface area contributed by atoms with E-state index < -0.39 is 8.60 Å². The van der Waals surface area contributed by atoms with Crippen molar-refractivity contribution in [3.05, 3.63) is 0 Å². The van der Waals surface area contributed by atoms with Crippen LogP contribution in [0.3, 0.4) is 0 Å². The van der Waals surface area contributed by atoms with Gasteiger partial charge in [0.05, 0.1) is 6.10 Å². The number of rotatable bonds is 2. The third kappa shape index (κ3) is 10.1. The number of hydrogen-bond donors (Lipinski definition) is 2. The monoisotopic (exact) mass is 150 g/mol. The molecule has 2 N–H and O–H groups in total. The van der Waals surface area contributed by atoms with E-state index >= 15 is 0 Å². The van der Waals surface area contributed by atoms with Crippen molar-refractivity contribution in [3.8, 4) is 0 Å². The van der Waals surface area contributed by atoms with E-state index in [2.05, 4.69) is 4.52 Å². The number of hydrogen-bond acceptors (Lipinski definition) is 3. The molecule has 3 nitrogen and oxygen atoms in total. The molecule has 0 aliphatic heterocycles. The molecule has 0 heterocycles. The second-order valence-corrected chi connectivity index (χ2v) is 2.12. The molecule has 5 heteroatoms. The van der Waals surface area contributed by atoms with Crippen molar-refractivity contribution >= 4 is 31.7 Å². The van der Waals surface area contributed by atoms with E-state index in [0.717, 1.165) is 0 Å². The van der Waals surface area contributed by atoms with Crippen LogP contribution in [0, 0.1) is 0 Å². The van der Waals surface area contributed by atoms with Crippen LogP contribution in [-0.4, -0.2) is 38.9 Å². The van der Waals surface area contributed by atoms with Crippen molar-refractivity contribution < 1.29 is 17.2 Å². The van der Waals surface area contributed by atoms with Crippen molar-refractivity contribution in [2.75, 3.05) is 0 Å². The average Bonchev–Trinajstić information content (AvgIpc) is 1.27. The Bertz CT molecular complexity index is 51.0. The summed E-state index contributed by atoms with van der Waals surface area (Å²) in [6, 6.07) is 0. The third-order valence-corrected chi connectivity index (χ3v) is 0.915. The van der Waals surface area contributed by atoms with E-state index in [-0.39, 0.29) is 32.0 Å². The van der Waals surface area contributed by atoms with Gasteiger partial charge >= 0.3 is 31.7 Å². The maximum absolute atomic E-state index is 8.12. The topological polar surface area (TPSA) is 49.7 Å². The van der Waals surface area contributed by atoms with Crippen molar-refractivity contribution in [3.63, 3.8) is 0 Å². The minimum atomic E-state index is -2.14. The molecule has 0 atom stereocenters. The molecule has 0 radical (unpaired) electrons. The van der Waals surface area contributed by atoms with Gasteiger partial charge in [-0.05, 0) is 13.8 Å². The van der Waals surface area contributed by atoms with Gasteiger partial charge in [0.15, 0.2) is 0 Å². The van der Waals surface area contributed by atoms with Crippen molar-refractivity contribution in [2.24, 2.45) is 0 Å². The molecule has 0 saturated carbocycles. The second kappa shape index (κ2) is 6.20. The van der Waals surface area contributed by atoms with Crippen molar-refractivity contribution in [1.29, 1.82) is 0 Å². The molecule has 0 aliphatic rings. The van der Waals surface area contributed by atoms with Crippen LogP contribution in [0.2, 0.25) is 0 Å². The zero-order chi connectivity index (χ0) is 5.86. The minimum absolute atomic E-state index is 0.